The van der Waals surface area contributed by atoms with E-state index in [1.165, 1.54) is 23.1 Å². The van der Waals surface area contributed by atoms with Gasteiger partial charge >= 0.3 is 0 Å². The Hall–Kier alpha value is -3.76. The van der Waals surface area contributed by atoms with Gasteiger partial charge in [-0.25, -0.2) is 0 Å². The number of ketones is 1. The summed E-state index contributed by atoms with van der Waals surface area (Å²) in [6, 6.07) is 11.5. The lowest BCUT2D eigenvalue weighted by atomic mass is 9.95. The zero-order valence-electron chi connectivity index (χ0n) is 21.0. The minimum absolute atomic E-state index is 0.0314. The van der Waals surface area contributed by atoms with Crippen molar-refractivity contribution >= 4 is 23.1 Å². The third kappa shape index (κ3) is 5.98. The summed E-state index contributed by atoms with van der Waals surface area (Å²) in [7, 11) is 0. The molecule has 196 valence electrons. The predicted octanol–water partition coefficient (Wildman–Crippen LogP) is 3.53. The summed E-state index contributed by atoms with van der Waals surface area (Å²) in [4.78, 5) is 40.9. The summed E-state index contributed by atoms with van der Waals surface area (Å²) in [6.07, 6.45) is 0.566. The third-order valence-corrected chi connectivity index (χ3v) is 6.41. The van der Waals surface area contributed by atoms with Gasteiger partial charge in [0.25, 0.3) is 17.4 Å². The van der Waals surface area contributed by atoms with Gasteiger partial charge in [-0.1, -0.05) is 12.1 Å². The molecule has 0 bridgehead atoms. The van der Waals surface area contributed by atoms with Crippen molar-refractivity contribution in [3.8, 4) is 5.75 Å². The highest BCUT2D eigenvalue weighted by molar-refractivity contribution is 6.46. The molecule has 37 heavy (non-hydrogen) atoms. The molecule has 2 heterocycles. The molecule has 4 rings (SSSR count). The first-order valence-electron chi connectivity index (χ1n) is 12.4. The van der Waals surface area contributed by atoms with Crippen LogP contribution in [0.1, 0.15) is 37.4 Å². The summed E-state index contributed by atoms with van der Waals surface area (Å²) >= 11 is 0. The summed E-state index contributed by atoms with van der Waals surface area (Å²) in [6.45, 7) is 7.66. The average Bonchev–Trinajstić information content (AvgIpc) is 3.14. The number of rotatable bonds is 9. The fraction of sp³-hybridized carbons (Fsp3) is 0.407. The molecule has 0 aromatic heterocycles. The van der Waals surface area contributed by atoms with Crippen LogP contribution >= 0.6 is 0 Å². The van der Waals surface area contributed by atoms with Crippen LogP contribution in [-0.4, -0.2) is 77.0 Å². The number of morpholine rings is 1. The standard InChI is InChI=1S/C27H31N3O7/c1-18(2)37-22-9-7-19(8-10-22)25(31)23-24(20-5-3-6-21(17-20)30(34)35)29(27(33)26(23)32)12-4-11-28-13-15-36-16-14-28/h3,5-10,17-18,24,31H,4,11-16H2,1-2H3/b25-23+/t24-/m0/s1. The number of aliphatic hydroxyl groups excluding tert-OH is 1. The molecule has 2 aromatic carbocycles. The van der Waals surface area contributed by atoms with Gasteiger partial charge < -0.3 is 19.5 Å². The van der Waals surface area contributed by atoms with Gasteiger partial charge in [-0.2, -0.15) is 0 Å². The zero-order chi connectivity index (χ0) is 26.5. The van der Waals surface area contributed by atoms with Crippen LogP contribution in [0, 0.1) is 10.1 Å². The highest BCUT2D eigenvalue weighted by Crippen LogP contribution is 2.40. The monoisotopic (exact) mass is 509 g/mol. The Morgan fingerprint density at radius 3 is 2.49 bits per heavy atom. The van der Waals surface area contributed by atoms with E-state index in [2.05, 4.69) is 4.90 Å². The fourth-order valence-electron chi connectivity index (χ4n) is 4.67. The van der Waals surface area contributed by atoms with Crippen LogP contribution in [0.4, 0.5) is 5.69 Å². The number of aliphatic hydroxyl groups is 1. The molecule has 1 N–H and O–H groups in total. The number of carbonyl (C=O) groups excluding carboxylic acids is 2. The Morgan fingerprint density at radius 1 is 1.14 bits per heavy atom. The number of nitro benzene ring substituents is 1. The molecule has 0 spiro atoms. The summed E-state index contributed by atoms with van der Waals surface area (Å²) < 4.78 is 11.0. The number of likely N-dealkylation sites (tertiary alicyclic amines) is 1. The minimum atomic E-state index is -0.948. The van der Waals surface area contributed by atoms with E-state index in [1.807, 2.05) is 13.8 Å². The average molecular weight is 510 g/mol. The highest BCUT2D eigenvalue weighted by Gasteiger charge is 2.46. The molecule has 2 aliphatic heterocycles. The van der Waals surface area contributed by atoms with Crippen molar-refractivity contribution in [1.82, 2.24) is 9.80 Å². The first-order chi connectivity index (χ1) is 17.8. The van der Waals surface area contributed by atoms with Crippen molar-refractivity contribution in [2.75, 3.05) is 39.4 Å². The number of non-ortho nitro benzene ring substituents is 1. The van der Waals surface area contributed by atoms with Crippen LogP contribution in [0.2, 0.25) is 0 Å². The molecule has 2 fully saturated rings. The SMILES string of the molecule is CC(C)Oc1ccc(/C(O)=C2\C(=O)C(=O)N(CCCN3CCOCC3)[C@H]2c2cccc([N+](=O)[O-])c2)cc1. The van der Waals surface area contributed by atoms with Crippen LogP contribution in [0.5, 0.6) is 5.75 Å². The molecule has 10 heteroatoms. The Bertz CT molecular complexity index is 1190. The molecule has 1 amide bonds. The number of nitrogens with zero attached hydrogens (tertiary/aromatic N) is 3. The van der Waals surface area contributed by atoms with Crippen molar-refractivity contribution in [2.24, 2.45) is 0 Å². The van der Waals surface area contributed by atoms with Crippen molar-refractivity contribution < 1.29 is 29.1 Å². The van der Waals surface area contributed by atoms with E-state index in [1.54, 1.807) is 30.3 Å². The Labute approximate surface area is 215 Å². The molecule has 2 aromatic rings. The number of ether oxygens (including phenoxy) is 2. The predicted molar refractivity (Wildman–Crippen MR) is 136 cm³/mol. The van der Waals surface area contributed by atoms with E-state index >= 15 is 0 Å². The van der Waals surface area contributed by atoms with E-state index in [0.717, 1.165) is 13.1 Å². The third-order valence-electron chi connectivity index (χ3n) is 6.41. The van der Waals surface area contributed by atoms with Gasteiger partial charge in [-0.15, -0.1) is 0 Å². The molecule has 10 nitrogen and oxygen atoms in total. The lowest BCUT2D eigenvalue weighted by Crippen LogP contribution is -2.39. The normalized spacial score (nSPS) is 20.0. The second-order valence-electron chi connectivity index (χ2n) is 9.34. The summed E-state index contributed by atoms with van der Waals surface area (Å²) in [5.41, 5.74) is 0.486. The molecule has 0 unspecified atom stereocenters. The summed E-state index contributed by atoms with van der Waals surface area (Å²) in [5, 5.41) is 22.7. The molecule has 1 atom stereocenters. The van der Waals surface area contributed by atoms with Crippen LogP contribution in [0.25, 0.3) is 5.76 Å². The molecule has 0 saturated carbocycles. The largest absolute Gasteiger partial charge is 0.507 e. The number of Topliss-reactive ketones (excluding diaryl/α,β-unsaturated/α-hetero) is 1. The Kier molecular flexibility index (Phi) is 8.20. The quantitative estimate of drug-likeness (QED) is 0.179. The number of carbonyl (C=O) groups is 2. The molecular weight excluding hydrogens is 478 g/mol. The van der Waals surface area contributed by atoms with E-state index in [4.69, 9.17) is 9.47 Å². The maximum atomic E-state index is 13.2. The highest BCUT2D eigenvalue weighted by atomic mass is 16.6. The van der Waals surface area contributed by atoms with Gasteiger partial charge in [-0.05, 0) is 50.1 Å². The van der Waals surface area contributed by atoms with Crippen LogP contribution < -0.4 is 4.74 Å². The Morgan fingerprint density at radius 2 is 1.84 bits per heavy atom. The van der Waals surface area contributed by atoms with E-state index in [9.17, 15) is 24.8 Å². The fourth-order valence-corrected chi connectivity index (χ4v) is 4.67. The van der Waals surface area contributed by atoms with Crippen molar-refractivity contribution in [1.29, 1.82) is 0 Å². The van der Waals surface area contributed by atoms with E-state index in [0.29, 0.717) is 43.1 Å². The molecule has 2 saturated heterocycles. The smallest absolute Gasteiger partial charge is 0.295 e. The summed E-state index contributed by atoms with van der Waals surface area (Å²) in [5.74, 6) is -1.28. The van der Waals surface area contributed by atoms with Crippen molar-refractivity contribution in [3.63, 3.8) is 0 Å². The van der Waals surface area contributed by atoms with Crippen LogP contribution in [0.3, 0.4) is 0 Å². The lowest BCUT2D eigenvalue weighted by Gasteiger charge is -2.29. The van der Waals surface area contributed by atoms with Gasteiger partial charge in [0, 0.05) is 43.9 Å². The first kappa shape index (κ1) is 26.3. The van der Waals surface area contributed by atoms with Gasteiger partial charge in [-0.3, -0.25) is 24.6 Å². The van der Waals surface area contributed by atoms with E-state index < -0.39 is 22.7 Å². The second kappa shape index (κ2) is 11.5. The topological polar surface area (TPSA) is 122 Å². The van der Waals surface area contributed by atoms with Crippen LogP contribution in [0.15, 0.2) is 54.1 Å². The molecule has 0 aliphatic carbocycles. The van der Waals surface area contributed by atoms with Gasteiger partial charge in [0.15, 0.2) is 0 Å². The number of hydrogen-bond donors (Lipinski definition) is 1. The maximum Gasteiger partial charge on any atom is 0.295 e. The second-order valence-corrected chi connectivity index (χ2v) is 9.34. The van der Waals surface area contributed by atoms with Gasteiger partial charge in [0.05, 0.1) is 35.9 Å². The number of benzene rings is 2. The number of hydrogen-bond acceptors (Lipinski definition) is 8. The molecule has 2 aliphatic rings. The first-order valence-corrected chi connectivity index (χ1v) is 12.4. The Balaban J connectivity index is 1.69. The van der Waals surface area contributed by atoms with E-state index in [-0.39, 0.29) is 29.7 Å². The minimum Gasteiger partial charge on any atom is -0.507 e. The van der Waals surface area contributed by atoms with Crippen molar-refractivity contribution in [3.05, 3.63) is 75.3 Å². The van der Waals surface area contributed by atoms with Crippen molar-refractivity contribution in [2.45, 2.75) is 32.4 Å². The maximum absolute atomic E-state index is 13.2. The van der Waals surface area contributed by atoms with Crippen LogP contribution in [-0.2, 0) is 14.3 Å². The number of nitro groups is 1. The zero-order valence-corrected chi connectivity index (χ0v) is 21.0. The molecule has 0 radical (unpaired) electrons. The van der Waals surface area contributed by atoms with Gasteiger partial charge in [0.2, 0.25) is 0 Å². The number of amides is 1. The lowest BCUT2D eigenvalue weighted by molar-refractivity contribution is -0.384. The molecular formula is C27H31N3O7. The van der Waals surface area contributed by atoms with Gasteiger partial charge in [0.1, 0.15) is 11.5 Å².